The zero-order valence-corrected chi connectivity index (χ0v) is 12.2. The fraction of sp³-hybridized carbons (Fsp3) is 0.538. The highest BCUT2D eigenvalue weighted by Gasteiger charge is 2.16. The SMILES string of the molecule is CC(C)CCOCCNC(=O)c1cc([N+](=O)[O-])cnc1N. The first kappa shape index (κ1) is 16.8. The van der Waals surface area contributed by atoms with E-state index in [0.717, 1.165) is 18.7 Å². The van der Waals surface area contributed by atoms with E-state index in [1.54, 1.807) is 0 Å². The third kappa shape index (κ3) is 5.74. The summed E-state index contributed by atoms with van der Waals surface area (Å²) in [7, 11) is 0. The number of aromatic nitrogens is 1. The molecule has 0 bridgehead atoms. The van der Waals surface area contributed by atoms with Crippen molar-refractivity contribution in [3.63, 3.8) is 0 Å². The van der Waals surface area contributed by atoms with Crippen LogP contribution in [0.4, 0.5) is 11.5 Å². The van der Waals surface area contributed by atoms with Crippen LogP contribution >= 0.6 is 0 Å². The summed E-state index contributed by atoms with van der Waals surface area (Å²) in [6.45, 7) is 5.51. The van der Waals surface area contributed by atoms with E-state index >= 15 is 0 Å². The van der Waals surface area contributed by atoms with Gasteiger partial charge < -0.3 is 15.8 Å². The molecule has 3 N–H and O–H groups in total. The van der Waals surface area contributed by atoms with Gasteiger partial charge in [0.05, 0.1) is 17.1 Å². The summed E-state index contributed by atoms with van der Waals surface area (Å²) >= 11 is 0. The molecule has 0 radical (unpaired) electrons. The third-order valence-electron chi connectivity index (χ3n) is 2.73. The van der Waals surface area contributed by atoms with Crippen LogP contribution in [0.15, 0.2) is 12.3 Å². The summed E-state index contributed by atoms with van der Waals surface area (Å²) in [6, 6.07) is 1.11. The Balaban J connectivity index is 2.45. The summed E-state index contributed by atoms with van der Waals surface area (Å²) < 4.78 is 5.35. The second kappa shape index (κ2) is 8.15. The summed E-state index contributed by atoms with van der Waals surface area (Å²) in [4.78, 5) is 25.5. The number of ether oxygens (including phenoxy) is 1. The standard InChI is InChI=1S/C13H20N4O4/c1-9(2)3-5-21-6-4-15-13(18)11-7-10(17(19)20)8-16-12(11)14/h7-9H,3-6H2,1-2H3,(H2,14,16)(H,15,18). The Hall–Kier alpha value is -2.22. The van der Waals surface area contributed by atoms with E-state index in [4.69, 9.17) is 10.5 Å². The first-order valence-electron chi connectivity index (χ1n) is 6.67. The first-order chi connectivity index (χ1) is 9.91. The van der Waals surface area contributed by atoms with Gasteiger partial charge in [0.2, 0.25) is 0 Å². The maximum absolute atomic E-state index is 11.9. The number of carbonyl (C=O) groups is 1. The molecule has 0 atom stereocenters. The number of rotatable bonds is 8. The number of hydrogen-bond acceptors (Lipinski definition) is 6. The van der Waals surface area contributed by atoms with Crippen LogP contribution in [0.5, 0.6) is 0 Å². The lowest BCUT2D eigenvalue weighted by Crippen LogP contribution is -2.28. The van der Waals surface area contributed by atoms with Crippen LogP contribution < -0.4 is 11.1 Å². The van der Waals surface area contributed by atoms with Crippen LogP contribution in [-0.2, 0) is 4.74 Å². The maximum Gasteiger partial charge on any atom is 0.288 e. The lowest BCUT2D eigenvalue weighted by Gasteiger charge is -2.08. The molecule has 1 heterocycles. The van der Waals surface area contributed by atoms with Gasteiger partial charge in [-0.05, 0) is 12.3 Å². The number of anilines is 1. The van der Waals surface area contributed by atoms with Crippen LogP contribution in [0.1, 0.15) is 30.6 Å². The molecule has 0 spiro atoms. The minimum absolute atomic E-state index is 0.00798. The molecule has 0 aliphatic heterocycles. The Morgan fingerprint density at radius 2 is 2.24 bits per heavy atom. The zero-order valence-electron chi connectivity index (χ0n) is 12.2. The number of nitrogens with one attached hydrogen (secondary N) is 1. The number of amides is 1. The summed E-state index contributed by atoms with van der Waals surface area (Å²) in [5.74, 6) is 0.0188. The van der Waals surface area contributed by atoms with Crippen molar-refractivity contribution in [3.8, 4) is 0 Å². The van der Waals surface area contributed by atoms with E-state index in [2.05, 4.69) is 24.1 Å². The van der Waals surface area contributed by atoms with Crippen molar-refractivity contribution in [2.45, 2.75) is 20.3 Å². The van der Waals surface area contributed by atoms with Gasteiger partial charge in [0.1, 0.15) is 12.0 Å². The van der Waals surface area contributed by atoms with Gasteiger partial charge >= 0.3 is 0 Å². The molecule has 1 aromatic heterocycles. The predicted molar refractivity (Wildman–Crippen MR) is 77.9 cm³/mol. The number of nitrogens with two attached hydrogens (primary N) is 1. The van der Waals surface area contributed by atoms with Crippen molar-refractivity contribution in [2.24, 2.45) is 5.92 Å². The number of nitrogens with zero attached hydrogens (tertiary/aromatic N) is 2. The van der Waals surface area contributed by atoms with Gasteiger partial charge in [-0.25, -0.2) is 4.98 Å². The molecule has 116 valence electrons. The Labute approximate surface area is 122 Å². The molecule has 8 nitrogen and oxygen atoms in total. The number of pyridine rings is 1. The molecule has 0 unspecified atom stereocenters. The molecule has 0 aromatic carbocycles. The summed E-state index contributed by atoms with van der Waals surface area (Å²) in [5.41, 5.74) is 5.27. The van der Waals surface area contributed by atoms with Crippen LogP contribution in [0, 0.1) is 16.0 Å². The van der Waals surface area contributed by atoms with Gasteiger partial charge in [0, 0.05) is 19.2 Å². The molecule has 0 saturated carbocycles. The van der Waals surface area contributed by atoms with E-state index < -0.39 is 10.8 Å². The van der Waals surface area contributed by atoms with Gasteiger partial charge in [-0.3, -0.25) is 14.9 Å². The van der Waals surface area contributed by atoms with E-state index in [1.807, 2.05) is 0 Å². The third-order valence-corrected chi connectivity index (χ3v) is 2.73. The molecular formula is C13H20N4O4. The highest BCUT2D eigenvalue weighted by Crippen LogP contribution is 2.16. The number of hydrogen-bond donors (Lipinski definition) is 2. The van der Waals surface area contributed by atoms with Crippen LogP contribution in [0.2, 0.25) is 0 Å². The Morgan fingerprint density at radius 1 is 1.52 bits per heavy atom. The van der Waals surface area contributed by atoms with Crippen LogP contribution in [0.25, 0.3) is 0 Å². The van der Waals surface area contributed by atoms with Gasteiger partial charge in [0.25, 0.3) is 11.6 Å². The van der Waals surface area contributed by atoms with Crippen molar-refractivity contribution >= 4 is 17.4 Å². The lowest BCUT2D eigenvalue weighted by molar-refractivity contribution is -0.385. The van der Waals surface area contributed by atoms with E-state index in [-0.39, 0.29) is 17.1 Å². The average Bonchev–Trinajstić information content (AvgIpc) is 2.42. The van der Waals surface area contributed by atoms with Crippen molar-refractivity contribution in [1.29, 1.82) is 0 Å². The monoisotopic (exact) mass is 296 g/mol. The Kier molecular flexibility index (Phi) is 6.54. The summed E-state index contributed by atoms with van der Waals surface area (Å²) in [5, 5.41) is 13.2. The molecule has 1 rings (SSSR count). The Morgan fingerprint density at radius 3 is 2.86 bits per heavy atom. The van der Waals surface area contributed by atoms with Gasteiger partial charge in [-0.2, -0.15) is 0 Å². The molecule has 0 aliphatic carbocycles. The van der Waals surface area contributed by atoms with Gasteiger partial charge in [-0.15, -0.1) is 0 Å². The van der Waals surface area contributed by atoms with E-state index in [1.165, 1.54) is 0 Å². The van der Waals surface area contributed by atoms with Crippen LogP contribution in [-0.4, -0.2) is 35.6 Å². The van der Waals surface area contributed by atoms with Crippen molar-refractivity contribution in [1.82, 2.24) is 10.3 Å². The second-order valence-electron chi connectivity index (χ2n) is 4.93. The molecule has 1 aromatic rings. The number of carbonyl (C=O) groups excluding carboxylic acids is 1. The normalized spacial score (nSPS) is 10.6. The van der Waals surface area contributed by atoms with Crippen LogP contribution in [0.3, 0.4) is 0 Å². The predicted octanol–water partition coefficient (Wildman–Crippen LogP) is 1.36. The fourth-order valence-electron chi connectivity index (χ4n) is 1.50. The maximum atomic E-state index is 11.9. The highest BCUT2D eigenvalue weighted by molar-refractivity contribution is 5.98. The second-order valence-corrected chi connectivity index (χ2v) is 4.93. The summed E-state index contributed by atoms with van der Waals surface area (Å²) in [6.07, 6.45) is 1.97. The molecule has 0 saturated heterocycles. The molecule has 0 fully saturated rings. The Bertz CT molecular complexity index is 505. The molecule has 21 heavy (non-hydrogen) atoms. The largest absolute Gasteiger partial charge is 0.383 e. The molecule has 1 amide bonds. The quantitative estimate of drug-likeness (QED) is 0.424. The number of nitrogen functional groups attached to an aromatic ring is 1. The van der Waals surface area contributed by atoms with Crippen molar-refractivity contribution in [3.05, 3.63) is 27.9 Å². The number of nitro groups is 1. The highest BCUT2D eigenvalue weighted by atomic mass is 16.6. The zero-order chi connectivity index (χ0) is 15.8. The van der Waals surface area contributed by atoms with Gasteiger partial charge in [0.15, 0.2) is 0 Å². The minimum Gasteiger partial charge on any atom is -0.383 e. The minimum atomic E-state index is -0.627. The first-order valence-corrected chi connectivity index (χ1v) is 6.67. The topological polar surface area (TPSA) is 120 Å². The smallest absolute Gasteiger partial charge is 0.288 e. The molecule has 8 heteroatoms. The fourth-order valence-corrected chi connectivity index (χ4v) is 1.50. The average molecular weight is 296 g/mol. The van der Waals surface area contributed by atoms with E-state index in [0.29, 0.717) is 25.7 Å². The van der Waals surface area contributed by atoms with Crippen molar-refractivity contribution in [2.75, 3.05) is 25.5 Å². The van der Waals surface area contributed by atoms with Gasteiger partial charge in [-0.1, -0.05) is 13.8 Å². The lowest BCUT2D eigenvalue weighted by atomic mass is 10.1. The van der Waals surface area contributed by atoms with Crippen molar-refractivity contribution < 1.29 is 14.5 Å². The molecular weight excluding hydrogens is 276 g/mol. The van der Waals surface area contributed by atoms with E-state index in [9.17, 15) is 14.9 Å². The molecule has 0 aliphatic rings.